The summed E-state index contributed by atoms with van der Waals surface area (Å²) in [5.41, 5.74) is 4.04. The summed E-state index contributed by atoms with van der Waals surface area (Å²) >= 11 is 0. The Morgan fingerprint density at radius 3 is 2.28 bits per heavy atom. The summed E-state index contributed by atoms with van der Waals surface area (Å²) in [7, 11) is -3.18. The van der Waals surface area contributed by atoms with Gasteiger partial charge >= 0.3 is 0 Å². The topological polar surface area (TPSA) is 95.1 Å². The molecule has 0 saturated carbocycles. The van der Waals surface area contributed by atoms with Crippen LogP contribution in [0.2, 0.25) is 0 Å². The molecule has 8 nitrogen and oxygen atoms in total. The van der Waals surface area contributed by atoms with Crippen molar-refractivity contribution < 1.29 is 8.42 Å². The number of hydrogen-bond donors (Lipinski definition) is 1. The number of hydrogen-bond acceptors (Lipinski definition) is 7. The van der Waals surface area contributed by atoms with Gasteiger partial charge in [0.05, 0.1) is 16.6 Å². The Balaban J connectivity index is 0.00000245. The molecular weight excluding hydrogens is 424 g/mol. The molecule has 32 heavy (non-hydrogen) atoms. The smallest absolute Gasteiger partial charge is 0.175 e. The van der Waals surface area contributed by atoms with E-state index in [0.29, 0.717) is 4.90 Å². The van der Waals surface area contributed by atoms with Crippen LogP contribution < -0.4 is 9.80 Å². The van der Waals surface area contributed by atoms with E-state index in [9.17, 15) is 8.42 Å². The highest BCUT2D eigenvalue weighted by atomic mass is 32.2. The summed E-state index contributed by atoms with van der Waals surface area (Å²) in [6.07, 6.45) is 6.52. The van der Waals surface area contributed by atoms with Gasteiger partial charge in [-0.2, -0.15) is 5.10 Å². The van der Waals surface area contributed by atoms with Crippen LogP contribution in [-0.2, 0) is 9.84 Å². The first-order valence-corrected chi connectivity index (χ1v) is 11.9. The zero-order valence-corrected chi connectivity index (χ0v) is 17.9. The fourth-order valence-electron chi connectivity index (χ4n) is 3.96. The Hall–Kier alpha value is -3.46. The van der Waals surface area contributed by atoms with E-state index in [1.807, 2.05) is 30.5 Å². The van der Waals surface area contributed by atoms with Crippen LogP contribution in [0.4, 0.5) is 11.5 Å². The summed E-state index contributed by atoms with van der Waals surface area (Å²) < 4.78 is 23.4. The fourth-order valence-corrected chi connectivity index (χ4v) is 4.59. The lowest BCUT2D eigenvalue weighted by molar-refractivity contribution is 0.602. The molecule has 0 unspecified atom stereocenters. The van der Waals surface area contributed by atoms with Crippen molar-refractivity contribution in [2.45, 2.75) is 12.3 Å². The first-order chi connectivity index (χ1) is 15.0. The van der Waals surface area contributed by atoms with E-state index >= 15 is 0 Å². The normalized spacial score (nSPS) is 14.4. The SMILES string of the molecule is C.CS(=O)(=O)c1ccc(N2CCN(c3ncnc4ccc(-c5cn[nH]c5)cc34)CC2)cc1. The summed E-state index contributed by atoms with van der Waals surface area (Å²) in [5.74, 6) is 0.933. The first kappa shape index (κ1) is 21.8. The molecule has 3 heterocycles. The average molecular weight is 451 g/mol. The van der Waals surface area contributed by atoms with Crippen molar-refractivity contribution in [3.05, 3.63) is 61.2 Å². The van der Waals surface area contributed by atoms with Crippen LogP contribution in [0.1, 0.15) is 7.43 Å². The number of nitrogens with one attached hydrogen (secondary N) is 1. The van der Waals surface area contributed by atoms with E-state index in [1.165, 1.54) is 6.26 Å². The number of aromatic amines is 1. The minimum atomic E-state index is -3.18. The van der Waals surface area contributed by atoms with E-state index in [0.717, 1.165) is 59.7 Å². The van der Waals surface area contributed by atoms with Crippen molar-refractivity contribution in [1.82, 2.24) is 20.2 Å². The van der Waals surface area contributed by atoms with Crippen LogP contribution in [0.5, 0.6) is 0 Å². The Kier molecular flexibility index (Phi) is 5.84. The molecule has 9 heteroatoms. The average Bonchev–Trinajstić information content (AvgIpc) is 3.33. The molecule has 5 rings (SSSR count). The molecule has 2 aromatic heterocycles. The quantitative estimate of drug-likeness (QED) is 0.509. The number of nitrogens with zero attached hydrogens (tertiary/aromatic N) is 5. The van der Waals surface area contributed by atoms with E-state index in [2.05, 4.69) is 36.0 Å². The molecule has 0 spiro atoms. The van der Waals surface area contributed by atoms with Gasteiger partial charge in [0.15, 0.2) is 9.84 Å². The molecule has 0 bridgehead atoms. The van der Waals surface area contributed by atoms with Gasteiger partial charge in [0.25, 0.3) is 0 Å². The monoisotopic (exact) mass is 450 g/mol. The molecule has 0 aliphatic carbocycles. The number of sulfone groups is 1. The molecule has 1 aliphatic rings. The molecule has 2 aromatic carbocycles. The van der Waals surface area contributed by atoms with Crippen molar-refractivity contribution in [2.75, 3.05) is 42.2 Å². The van der Waals surface area contributed by atoms with Gasteiger partial charge in [0.2, 0.25) is 0 Å². The third kappa shape index (κ3) is 4.16. The van der Waals surface area contributed by atoms with Crippen molar-refractivity contribution in [1.29, 1.82) is 0 Å². The summed E-state index contributed by atoms with van der Waals surface area (Å²) in [4.78, 5) is 13.9. The molecule has 4 aromatic rings. The van der Waals surface area contributed by atoms with Crippen LogP contribution in [0.25, 0.3) is 22.0 Å². The summed E-state index contributed by atoms with van der Waals surface area (Å²) in [6.45, 7) is 3.28. The molecule has 0 atom stereocenters. The van der Waals surface area contributed by atoms with Crippen LogP contribution in [0, 0.1) is 0 Å². The highest BCUT2D eigenvalue weighted by molar-refractivity contribution is 7.90. The molecule has 1 saturated heterocycles. The maximum absolute atomic E-state index is 11.7. The molecule has 0 radical (unpaired) electrons. The Labute approximate surface area is 187 Å². The molecule has 1 N–H and O–H groups in total. The Morgan fingerprint density at radius 1 is 0.906 bits per heavy atom. The number of benzene rings is 2. The highest BCUT2D eigenvalue weighted by Gasteiger charge is 2.21. The predicted molar refractivity (Wildman–Crippen MR) is 128 cm³/mol. The van der Waals surface area contributed by atoms with E-state index < -0.39 is 9.84 Å². The number of aromatic nitrogens is 4. The maximum atomic E-state index is 11.7. The second-order valence-corrected chi connectivity index (χ2v) is 9.67. The molecular formula is C23H26N6O2S. The predicted octanol–water partition coefficient (Wildman–Crippen LogP) is 3.39. The van der Waals surface area contributed by atoms with Crippen LogP contribution in [0.15, 0.2) is 66.1 Å². The van der Waals surface area contributed by atoms with E-state index in [1.54, 1.807) is 24.7 Å². The van der Waals surface area contributed by atoms with Crippen molar-refractivity contribution in [2.24, 2.45) is 0 Å². The number of H-pyrrole nitrogens is 1. The van der Waals surface area contributed by atoms with Gasteiger partial charge in [0.1, 0.15) is 12.1 Å². The largest absolute Gasteiger partial charge is 0.368 e. The van der Waals surface area contributed by atoms with E-state index in [-0.39, 0.29) is 7.43 Å². The second-order valence-electron chi connectivity index (χ2n) is 7.66. The van der Waals surface area contributed by atoms with Gasteiger partial charge in [-0.15, -0.1) is 0 Å². The van der Waals surface area contributed by atoms with E-state index in [4.69, 9.17) is 0 Å². The first-order valence-electron chi connectivity index (χ1n) is 10.0. The standard InChI is InChI=1S/C22H22N6O2S.CH4/c1-31(29,30)19-5-3-18(4-6-19)27-8-10-28(11-9-27)22-20-12-16(17-13-25-26-14-17)2-7-21(20)23-15-24-22;/h2-7,12-15H,8-11H2,1H3,(H,25,26);1H4. The maximum Gasteiger partial charge on any atom is 0.175 e. The minimum Gasteiger partial charge on any atom is -0.368 e. The number of rotatable bonds is 4. The van der Waals surface area contributed by atoms with Gasteiger partial charge in [-0.25, -0.2) is 18.4 Å². The lowest BCUT2D eigenvalue weighted by Crippen LogP contribution is -2.46. The highest BCUT2D eigenvalue weighted by Crippen LogP contribution is 2.29. The van der Waals surface area contributed by atoms with Crippen molar-refractivity contribution in [3.63, 3.8) is 0 Å². The third-order valence-corrected chi connectivity index (χ3v) is 6.78. The minimum absolute atomic E-state index is 0. The summed E-state index contributed by atoms with van der Waals surface area (Å²) in [6, 6.07) is 13.3. The van der Waals surface area contributed by atoms with Crippen LogP contribution in [0.3, 0.4) is 0 Å². The number of anilines is 2. The van der Waals surface area contributed by atoms with Gasteiger partial charge in [0, 0.05) is 55.3 Å². The zero-order valence-electron chi connectivity index (χ0n) is 17.1. The van der Waals surface area contributed by atoms with Gasteiger partial charge in [-0.05, 0) is 42.0 Å². The van der Waals surface area contributed by atoms with Crippen molar-refractivity contribution >= 4 is 32.2 Å². The lowest BCUT2D eigenvalue weighted by atomic mass is 10.1. The summed E-state index contributed by atoms with van der Waals surface area (Å²) in [5, 5.41) is 7.92. The fraction of sp³-hybridized carbons (Fsp3) is 0.261. The van der Waals surface area contributed by atoms with Crippen LogP contribution in [-0.4, -0.2) is 61.0 Å². The number of piperazine rings is 1. The Morgan fingerprint density at radius 2 is 1.62 bits per heavy atom. The molecule has 1 aliphatic heterocycles. The lowest BCUT2D eigenvalue weighted by Gasteiger charge is -2.37. The van der Waals surface area contributed by atoms with Gasteiger partial charge in [-0.3, -0.25) is 5.10 Å². The molecule has 166 valence electrons. The zero-order chi connectivity index (χ0) is 21.4. The number of fused-ring (bicyclic) bond motifs is 1. The van der Waals surface area contributed by atoms with Crippen LogP contribution >= 0.6 is 0 Å². The van der Waals surface area contributed by atoms with Gasteiger partial charge < -0.3 is 9.80 Å². The third-order valence-electron chi connectivity index (χ3n) is 5.66. The van der Waals surface area contributed by atoms with Crippen molar-refractivity contribution in [3.8, 4) is 11.1 Å². The second kappa shape index (κ2) is 8.58. The molecule has 1 fully saturated rings. The Bertz CT molecular complexity index is 1310. The van der Waals surface area contributed by atoms with Gasteiger partial charge in [-0.1, -0.05) is 13.5 Å². The molecule has 0 amide bonds.